The first-order valence-corrected chi connectivity index (χ1v) is 10.4. The number of aromatic nitrogens is 5. The molecule has 0 aliphatic rings. The van der Waals surface area contributed by atoms with Gasteiger partial charge in [-0.05, 0) is 35.6 Å². The van der Waals surface area contributed by atoms with Crippen LogP contribution >= 0.6 is 11.3 Å². The Hall–Kier alpha value is -3.09. The van der Waals surface area contributed by atoms with Gasteiger partial charge in [-0.1, -0.05) is 23.4 Å². The van der Waals surface area contributed by atoms with E-state index in [1.165, 1.54) is 11.3 Å². The Morgan fingerprint density at radius 1 is 1.29 bits per heavy atom. The molecule has 4 N–H and O–H groups in total. The molecule has 10 nitrogen and oxygen atoms in total. The number of nitrogens with one attached hydrogen (secondary N) is 1. The molecule has 0 bridgehead atoms. The fourth-order valence-corrected chi connectivity index (χ4v) is 4.04. The van der Waals surface area contributed by atoms with E-state index in [2.05, 4.69) is 25.0 Å². The van der Waals surface area contributed by atoms with E-state index in [1.54, 1.807) is 29.8 Å². The van der Waals surface area contributed by atoms with Crippen LogP contribution < -0.4 is 10.5 Å². The standard InChI is InChI=1S/C16H15N7O3S2/c1-9-7-10(4-5-11(9)21-28(24,25)26)8-23-15-14(20-22-23)13(18-16(17)19-15)12-3-2-6-27-12/h2-7,21H,8H2,1H3,(H2,17,18,19)(H,24,25,26). The molecule has 0 amide bonds. The second-order valence-corrected chi connectivity index (χ2v) is 8.16. The minimum atomic E-state index is -4.33. The van der Waals surface area contributed by atoms with Gasteiger partial charge in [-0.25, -0.2) is 9.67 Å². The Balaban J connectivity index is 1.70. The van der Waals surface area contributed by atoms with Crippen molar-refractivity contribution in [2.75, 3.05) is 10.5 Å². The van der Waals surface area contributed by atoms with Crippen LogP contribution in [0.2, 0.25) is 0 Å². The van der Waals surface area contributed by atoms with Crippen molar-refractivity contribution in [3.8, 4) is 10.6 Å². The number of aryl methyl sites for hydroxylation is 1. The maximum atomic E-state index is 11.0. The average Bonchev–Trinajstić information content (AvgIpc) is 3.26. The van der Waals surface area contributed by atoms with Gasteiger partial charge in [0, 0.05) is 0 Å². The smallest absolute Gasteiger partial charge is 0.357 e. The van der Waals surface area contributed by atoms with Crippen LogP contribution in [0.4, 0.5) is 11.6 Å². The lowest BCUT2D eigenvalue weighted by Gasteiger charge is -2.09. The minimum Gasteiger partial charge on any atom is -0.368 e. The van der Waals surface area contributed by atoms with E-state index in [9.17, 15) is 8.42 Å². The summed E-state index contributed by atoms with van der Waals surface area (Å²) in [7, 11) is -4.33. The van der Waals surface area contributed by atoms with E-state index >= 15 is 0 Å². The molecule has 0 spiro atoms. The highest BCUT2D eigenvalue weighted by molar-refractivity contribution is 7.87. The largest absolute Gasteiger partial charge is 0.368 e. The van der Waals surface area contributed by atoms with Crippen LogP contribution in [-0.4, -0.2) is 37.9 Å². The molecule has 1 aromatic carbocycles. The van der Waals surface area contributed by atoms with Gasteiger partial charge in [0.25, 0.3) is 0 Å². The summed E-state index contributed by atoms with van der Waals surface area (Å²) in [5.74, 6) is 0.128. The van der Waals surface area contributed by atoms with Crippen LogP contribution in [0.3, 0.4) is 0 Å². The summed E-state index contributed by atoms with van der Waals surface area (Å²) in [5, 5.41) is 10.3. The number of anilines is 2. The second kappa shape index (κ2) is 6.82. The van der Waals surface area contributed by atoms with Crippen LogP contribution in [0, 0.1) is 6.92 Å². The van der Waals surface area contributed by atoms with E-state index < -0.39 is 10.3 Å². The molecular formula is C16H15N7O3S2. The van der Waals surface area contributed by atoms with Gasteiger partial charge < -0.3 is 5.73 Å². The van der Waals surface area contributed by atoms with Crippen molar-refractivity contribution in [1.29, 1.82) is 0 Å². The lowest BCUT2D eigenvalue weighted by Crippen LogP contribution is -2.11. The Morgan fingerprint density at radius 3 is 2.79 bits per heavy atom. The number of nitrogens with zero attached hydrogens (tertiary/aromatic N) is 5. The summed E-state index contributed by atoms with van der Waals surface area (Å²) in [4.78, 5) is 9.49. The first-order valence-electron chi connectivity index (χ1n) is 8.05. The number of fused-ring (bicyclic) bond motifs is 1. The van der Waals surface area contributed by atoms with E-state index in [4.69, 9.17) is 10.3 Å². The van der Waals surface area contributed by atoms with E-state index in [0.29, 0.717) is 34.7 Å². The molecule has 3 aromatic heterocycles. The fraction of sp³-hybridized carbons (Fsp3) is 0.125. The van der Waals surface area contributed by atoms with Crippen molar-refractivity contribution in [2.24, 2.45) is 0 Å². The second-order valence-electron chi connectivity index (χ2n) is 6.05. The van der Waals surface area contributed by atoms with Crippen molar-refractivity contribution in [1.82, 2.24) is 25.0 Å². The molecule has 0 saturated carbocycles. The summed E-state index contributed by atoms with van der Waals surface area (Å²) in [5.41, 5.74) is 9.36. The third kappa shape index (κ3) is 3.65. The van der Waals surface area contributed by atoms with Gasteiger partial charge in [0.2, 0.25) is 5.95 Å². The normalized spacial score (nSPS) is 11.8. The SMILES string of the molecule is Cc1cc(Cn2nnc3c(-c4cccs4)nc(N)nc32)ccc1NS(=O)(=O)O. The topological polar surface area (TPSA) is 149 Å². The van der Waals surface area contributed by atoms with E-state index in [1.807, 2.05) is 17.5 Å². The predicted octanol–water partition coefficient (Wildman–Crippen LogP) is 2.10. The molecular weight excluding hydrogens is 402 g/mol. The molecule has 0 aliphatic carbocycles. The van der Waals surface area contributed by atoms with Gasteiger partial charge in [0.15, 0.2) is 11.2 Å². The zero-order valence-electron chi connectivity index (χ0n) is 14.6. The summed E-state index contributed by atoms with van der Waals surface area (Å²) in [6, 6.07) is 8.91. The van der Waals surface area contributed by atoms with Crippen molar-refractivity contribution in [3.63, 3.8) is 0 Å². The van der Waals surface area contributed by atoms with Gasteiger partial charge in [0.05, 0.1) is 17.1 Å². The number of nitrogen functional groups attached to an aromatic ring is 1. The molecule has 28 heavy (non-hydrogen) atoms. The van der Waals surface area contributed by atoms with Gasteiger partial charge >= 0.3 is 10.3 Å². The summed E-state index contributed by atoms with van der Waals surface area (Å²) >= 11 is 1.52. The molecule has 12 heteroatoms. The highest BCUT2D eigenvalue weighted by Gasteiger charge is 2.16. The summed E-state index contributed by atoms with van der Waals surface area (Å²) in [6.07, 6.45) is 0. The third-order valence-corrected chi connectivity index (χ3v) is 5.35. The molecule has 0 radical (unpaired) electrons. The Morgan fingerprint density at radius 2 is 2.11 bits per heavy atom. The highest BCUT2D eigenvalue weighted by Crippen LogP contribution is 2.29. The lowest BCUT2D eigenvalue weighted by atomic mass is 10.1. The van der Waals surface area contributed by atoms with Gasteiger partial charge in [-0.2, -0.15) is 13.4 Å². The third-order valence-electron chi connectivity index (χ3n) is 4.00. The number of rotatable bonds is 5. The Bertz CT molecular complexity index is 1270. The van der Waals surface area contributed by atoms with Crippen molar-refractivity contribution < 1.29 is 13.0 Å². The van der Waals surface area contributed by atoms with Crippen LogP contribution in [0.25, 0.3) is 21.7 Å². The summed E-state index contributed by atoms with van der Waals surface area (Å²) in [6.45, 7) is 2.08. The van der Waals surface area contributed by atoms with Gasteiger partial charge in [-0.3, -0.25) is 9.27 Å². The molecule has 4 aromatic rings. The number of hydrogen-bond acceptors (Lipinski definition) is 8. The first kappa shape index (κ1) is 18.3. The maximum Gasteiger partial charge on any atom is 0.357 e. The first-order chi connectivity index (χ1) is 13.3. The Labute approximate surface area is 163 Å². The zero-order chi connectivity index (χ0) is 19.9. The number of hydrogen-bond donors (Lipinski definition) is 3. The average molecular weight is 417 g/mol. The number of nitrogens with two attached hydrogens (primary N) is 1. The van der Waals surface area contributed by atoms with Crippen molar-refractivity contribution >= 4 is 44.4 Å². The van der Waals surface area contributed by atoms with Crippen molar-refractivity contribution in [2.45, 2.75) is 13.5 Å². The molecule has 0 fully saturated rings. The number of thiophene rings is 1. The maximum absolute atomic E-state index is 11.0. The zero-order valence-corrected chi connectivity index (χ0v) is 16.2. The molecule has 0 atom stereocenters. The highest BCUT2D eigenvalue weighted by atomic mass is 32.2. The van der Waals surface area contributed by atoms with Gasteiger partial charge in [-0.15, -0.1) is 16.4 Å². The summed E-state index contributed by atoms with van der Waals surface area (Å²) < 4.78 is 34.6. The molecule has 144 valence electrons. The van der Waals surface area contributed by atoms with E-state index in [-0.39, 0.29) is 5.95 Å². The lowest BCUT2D eigenvalue weighted by molar-refractivity contribution is 0.489. The van der Waals surface area contributed by atoms with Gasteiger partial charge in [0.1, 0.15) is 5.69 Å². The fourth-order valence-electron chi connectivity index (χ4n) is 2.82. The molecule has 4 rings (SSSR count). The minimum absolute atomic E-state index is 0.128. The van der Waals surface area contributed by atoms with Crippen LogP contribution in [-0.2, 0) is 16.8 Å². The Kier molecular flexibility index (Phi) is 4.45. The predicted molar refractivity (Wildman–Crippen MR) is 106 cm³/mol. The van der Waals surface area contributed by atoms with Crippen LogP contribution in [0.5, 0.6) is 0 Å². The molecule has 3 heterocycles. The molecule has 0 saturated heterocycles. The van der Waals surface area contributed by atoms with Crippen LogP contribution in [0.15, 0.2) is 35.7 Å². The quantitative estimate of drug-likeness (QED) is 0.418. The van der Waals surface area contributed by atoms with Crippen LogP contribution in [0.1, 0.15) is 11.1 Å². The molecule has 0 aliphatic heterocycles. The monoisotopic (exact) mass is 417 g/mol. The van der Waals surface area contributed by atoms with Crippen molar-refractivity contribution in [3.05, 3.63) is 46.8 Å². The van der Waals surface area contributed by atoms with E-state index in [0.717, 1.165) is 10.4 Å². The molecule has 0 unspecified atom stereocenters. The number of benzene rings is 1.